The van der Waals surface area contributed by atoms with E-state index < -0.39 is 40.0 Å². The molecule has 1 fully saturated rings. The minimum Gasteiger partial charge on any atom is -0.477 e. The van der Waals surface area contributed by atoms with Crippen molar-refractivity contribution in [3.05, 3.63) is 40.7 Å². The number of carbonyl (C=O) groups excluding carboxylic acids is 2. The van der Waals surface area contributed by atoms with E-state index in [-0.39, 0.29) is 16.5 Å². The highest BCUT2D eigenvalue weighted by Gasteiger charge is 2.54. The number of hydrogen-bond donors (Lipinski definition) is 2. The van der Waals surface area contributed by atoms with Crippen LogP contribution in [0.5, 0.6) is 0 Å². The molecule has 2 unspecified atom stereocenters. The maximum Gasteiger partial charge on any atom is 0.352 e. The Labute approximate surface area is 197 Å². The number of carbonyl (C=O) groups is 3. The fourth-order valence-corrected chi connectivity index (χ4v) is 7.35. The number of aromatic nitrogens is 3. The van der Waals surface area contributed by atoms with Gasteiger partial charge in [0.1, 0.15) is 32.9 Å². The summed E-state index contributed by atoms with van der Waals surface area (Å²) >= 11 is 4.18. The molecule has 0 radical (unpaired) electrons. The number of fused-ring (bicyclic) bond motifs is 1. The summed E-state index contributed by atoms with van der Waals surface area (Å²) < 4.78 is 13.0. The SMILES string of the molecule is Cc1nnc(SCC2=C(C(=O)O)N3C(=O)C(NC(=O)CS(=O)c4ccccn4)[C@H]3SC2)s1. The molecule has 4 rings (SSSR count). The summed E-state index contributed by atoms with van der Waals surface area (Å²) in [7, 11) is -1.64. The van der Waals surface area contributed by atoms with Gasteiger partial charge in [0.15, 0.2) is 4.34 Å². The second-order valence-corrected chi connectivity index (χ2v) is 11.7. The van der Waals surface area contributed by atoms with Crippen LogP contribution in [0.4, 0.5) is 0 Å². The number of rotatable bonds is 8. The van der Waals surface area contributed by atoms with Gasteiger partial charge in [-0.15, -0.1) is 22.0 Å². The van der Waals surface area contributed by atoms with Crippen molar-refractivity contribution >= 4 is 63.4 Å². The van der Waals surface area contributed by atoms with E-state index in [4.69, 9.17) is 0 Å². The van der Waals surface area contributed by atoms with Crippen LogP contribution < -0.4 is 5.32 Å². The number of carboxylic acid groups (broad SMARTS) is 1. The normalized spacial score (nSPS) is 21.0. The molecule has 2 aliphatic rings. The second kappa shape index (κ2) is 9.68. The summed E-state index contributed by atoms with van der Waals surface area (Å²) in [6.45, 7) is 1.84. The first-order valence-electron chi connectivity index (χ1n) is 9.27. The number of thioether (sulfide) groups is 2. The van der Waals surface area contributed by atoms with E-state index in [0.717, 1.165) is 9.35 Å². The van der Waals surface area contributed by atoms with E-state index in [1.807, 2.05) is 6.92 Å². The molecule has 1 saturated heterocycles. The number of β-lactam (4-membered cyclic amide) rings is 1. The average molecular weight is 512 g/mol. The summed E-state index contributed by atoms with van der Waals surface area (Å²) in [5, 5.41) is 20.9. The highest BCUT2D eigenvalue weighted by atomic mass is 32.2. The van der Waals surface area contributed by atoms with Crippen molar-refractivity contribution < 1.29 is 23.7 Å². The number of pyridine rings is 1. The predicted octanol–water partition coefficient (Wildman–Crippen LogP) is 0.880. The molecule has 32 heavy (non-hydrogen) atoms. The van der Waals surface area contributed by atoms with Gasteiger partial charge in [-0.25, -0.2) is 9.78 Å². The fraction of sp³-hybridized carbons (Fsp3) is 0.333. The number of nitrogens with one attached hydrogen (secondary N) is 1. The van der Waals surface area contributed by atoms with E-state index in [1.165, 1.54) is 46.0 Å². The van der Waals surface area contributed by atoms with Gasteiger partial charge < -0.3 is 10.4 Å². The monoisotopic (exact) mass is 511 g/mol. The predicted molar refractivity (Wildman–Crippen MR) is 121 cm³/mol. The van der Waals surface area contributed by atoms with Crippen LogP contribution in [0.1, 0.15) is 5.01 Å². The second-order valence-electron chi connectivity index (χ2n) is 6.75. The van der Waals surface area contributed by atoms with Gasteiger partial charge in [0.05, 0.1) is 10.8 Å². The van der Waals surface area contributed by atoms with Crippen LogP contribution in [0.3, 0.4) is 0 Å². The van der Waals surface area contributed by atoms with Gasteiger partial charge in [-0.1, -0.05) is 29.2 Å². The van der Waals surface area contributed by atoms with Crippen molar-refractivity contribution in [1.29, 1.82) is 0 Å². The molecule has 168 valence electrons. The van der Waals surface area contributed by atoms with Crippen molar-refractivity contribution in [2.45, 2.75) is 27.7 Å². The minimum absolute atomic E-state index is 0.0463. The topological polar surface area (TPSA) is 142 Å². The Bertz CT molecular complexity index is 1120. The first kappa shape index (κ1) is 22.9. The van der Waals surface area contributed by atoms with Crippen LogP contribution in [0.2, 0.25) is 0 Å². The lowest BCUT2D eigenvalue weighted by Crippen LogP contribution is -2.70. The highest BCUT2D eigenvalue weighted by molar-refractivity contribution is 8.01. The summed E-state index contributed by atoms with van der Waals surface area (Å²) in [4.78, 5) is 42.1. The first-order valence-corrected chi connectivity index (χ1v) is 13.4. The largest absolute Gasteiger partial charge is 0.477 e. The standard InChI is InChI=1S/C18H17N5O5S4/c1-9-21-22-18(31-9)30-7-10-6-29-16-13(15(25)23(16)14(10)17(26)27)20-11(24)8-32(28)12-4-2-3-5-19-12/h2-5,13,16H,6-8H2,1H3,(H,20,24)(H,26,27)/t13?,16-,32?/m1/s1. The summed E-state index contributed by atoms with van der Waals surface area (Å²) in [5.74, 6) is -1.78. The molecule has 0 spiro atoms. The molecule has 4 heterocycles. The number of carboxylic acids is 1. The summed E-state index contributed by atoms with van der Waals surface area (Å²) in [6, 6.07) is 4.05. The Balaban J connectivity index is 1.40. The molecule has 2 aliphatic heterocycles. The maximum atomic E-state index is 12.7. The number of hydrogen-bond acceptors (Lipinski definition) is 10. The molecule has 0 aromatic carbocycles. The summed E-state index contributed by atoms with van der Waals surface area (Å²) in [6.07, 6.45) is 1.49. The minimum atomic E-state index is -1.64. The Morgan fingerprint density at radius 2 is 2.19 bits per heavy atom. The van der Waals surface area contributed by atoms with Crippen molar-refractivity contribution in [2.75, 3.05) is 17.3 Å². The smallest absolute Gasteiger partial charge is 0.352 e. The van der Waals surface area contributed by atoms with Gasteiger partial charge >= 0.3 is 5.97 Å². The molecular formula is C18H17N5O5S4. The molecule has 10 nitrogen and oxygen atoms in total. The van der Waals surface area contributed by atoms with E-state index in [1.54, 1.807) is 18.2 Å². The van der Waals surface area contributed by atoms with E-state index in [2.05, 4.69) is 20.5 Å². The zero-order valence-electron chi connectivity index (χ0n) is 16.6. The van der Waals surface area contributed by atoms with Gasteiger partial charge in [0.2, 0.25) is 5.91 Å². The number of aryl methyl sites for hydroxylation is 1. The van der Waals surface area contributed by atoms with Crippen molar-refractivity contribution in [3.63, 3.8) is 0 Å². The van der Waals surface area contributed by atoms with Crippen molar-refractivity contribution in [1.82, 2.24) is 25.4 Å². The third-order valence-corrected chi connectivity index (χ3v) is 9.21. The van der Waals surface area contributed by atoms with Crippen LogP contribution in [-0.2, 0) is 25.2 Å². The number of nitrogens with zero attached hydrogens (tertiary/aromatic N) is 4. The van der Waals surface area contributed by atoms with E-state index in [0.29, 0.717) is 17.1 Å². The van der Waals surface area contributed by atoms with Gasteiger partial charge in [-0.2, -0.15) is 0 Å². The molecule has 0 bridgehead atoms. The van der Waals surface area contributed by atoms with Crippen molar-refractivity contribution in [3.8, 4) is 0 Å². The molecule has 2 N–H and O–H groups in total. The van der Waals surface area contributed by atoms with Gasteiger partial charge in [0.25, 0.3) is 5.91 Å². The average Bonchev–Trinajstić information content (AvgIpc) is 3.20. The van der Waals surface area contributed by atoms with Crippen molar-refractivity contribution in [2.24, 2.45) is 0 Å². The lowest BCUT2D eigenvalue weighted by molar-refractivity contribution is -0.150. The van der Waals surface area contributed by atoms with Crippen LogP contribution in [0.15, 0.2) is 45.0 Å². The third-order valence-electron chi connectivity index (χ3n) is 4.58. The van der Waals surface area contributed by atoms with E-state index >= 15 is 0 Å². The number of amides is 2. The molecule has 3 atom stereocenters. The number of aliphatic carboxylic acids is 1. The summed E-state index contributed by atoms with van der Waals surface area (Å²) in [5.41, 5.74) is 0.570. The highest BCUT2D eigenvalue weighted by Crippen LogP contribution is 2.41. The lowest BCUT2D eigenvalue weighted by Gasteiger charge is -2.49. The van der Waals surface area contributed by atoms with Gasteiger partial charge in [-0.3, -0.25) is 18.7 Å². The van der Waals surface area contributed by atoms with Gasteiger partial charge in [-0.05, 0) is 24.6 Å². The fourth-order valence-electron chi connectivity index (χ4n) is 3.17. The molecule has 2 aromatic heterocycles. The Hall–Kier alpha value is -2.29. The molecule has 0 aliphatic carbocycles. The quantitative estimate of drug-likeness (QED) is 0.387. The zero-order chi connectivity index (χ0) is 22.8. The third kappa shape index (κ3) is 4.72. The van der Waals surface area contributed by atoms with E-state index in [9.17, 15) is 23.7 Å². The molecule has 2 aromatic rings. The lowest BCUT2D eigenvalue weighted by atomic mass is 10.0. The molecule has 2 amide bonds. The van der Waals surface area contributed by atoms with Gasteiger partial charge in [0, 0.05) is 17.7 Å². The van der Waals surface area contributed by atoms with Crippen LogP contribution in [-0.4, -0.2) is 75.9 Å². The van der Waals surface area contributed by atoms with Crippen LogP contribution in [0.25, 0.3) is 0 Å². The molecule has 0 saturated carbocycles. The molecular weight excluding hydrogens is 494 g/mol. The van der Waals surface area contributed by atoms with Crippen LogP contribution in [0, 0.1) is 6.92 Å². The van der Waals surface area contributed by atoms with Crippen LogP contribution >= 0.6 is 34.9 Å². The Morgan fingerprint density at radius 1 is 1.38 bits per heavy atom. The maximum absolute atomic E-state index is 12.7. The first-order chi connectivity index (χ1) is 15.3. The Morgan fingerprint density at radius 3 is 2.84 bits per heavy atom. The molecule has 14 heteroatoms. The Kier molecular flexibility index (Phi) is 6.93. The zero-order valence-corrected chi connectivity index (χ0v) is 19.9.